The molecular weight excluding hydrogens is 470 g/mol. The van der Waals surface area contributed by atoms with Gasteiger partial charge in [-0.1, -0.05) is 18.2 Å². The molecule has 8 heteroatoms. The van der Waals surface area contributed by atoms with Crippen molar-refractivity contribution in [1.82, 2.24) is 0 Å². The molecule has 1 aliphatic carbocycles. The van der Waals surface area contributed by atoms with Crippen LogP contribution in [0.5, 0.6) is 0 Å². The van der Waals surface area contributed by atoms with E-state index >= 15 is 0 Å². The van der Waals surface area contributed by atoms with E-state index in [0.717, 1.165) is 16.5 Å². The van der Waals surface area contributed by atoms with Crippen LogP contribution in [0.4, 0.5) is 23.2 Å². The highest BCUT2D eigenvalue weighted by molar-refractivity contribution is 8.00. The molecular formula is C25H21F4NOS2. The molecule has 0 atom stereocenters. The van der Waals surface area contributed by atoms with Gasteiger partial charge in [-0.2, -0.15) is 13.2 Å². The third kappa shape index (κ3) is 5.73. The highest BCUT2D eigenvalue weighted by Gasteiger charge is 2.50. The average molecular weight is 492 g/mol. The Morgan fingerprint density at radius 2 is 1.61 bits per heavy atom. The lowest BCUT2D eigenvalue weighted by atomic mass is 10.0. The van der Waals surface area contributed by atoms with E-state index in [1.54, 1.807) is 23.9 Å². The molecule has 3 aromatic rings. The van der Waals surface area contributed by atoms with Crippen LogP contribution in [0.3, 0.4) is 0 Å². The first-order valence-corrected chi connectivity index (χ1v) is 12.3. The van der Waals surface area contributed by atoms with Crippen LogP contribution in [-0.4, -0.2) is 12.2 Å². The average Bonchev–Trinajstić information content (AvgIpc) is 3.55. The molecule has 1 fully saturated rings. The van der Waals surface area contributed by atoms with Crippen molar-refractivity contribution in [2.24, 2.45) is 0 Å². The second kappa shape index (κ2) is 9.43. The fourth-order valence-electron chi connectivity index (χ4n) is 3.66. The second-order valence-electron chi connectivity index (χ2n) is 7.88. The molecule has 1 saturated carbocycles. The molecule has 0 heterocycles. The van der Waals surface area contributed by atoms with Crippen molar-refractivity contribution in [1.29, 1.82) is 0 Å². The number of amides is 1. The largest absolute Gasteiger partial charge is 0.416 e. The Hall–Kier alpha value is -2.45. The van der Waals surface area contributed by atoms with Crippen molar-refractivity contribution in [3.05, 3.63) is 89.2 Å². The summed E-state index contributed by atoms with van der Waals surface area (Å²) in [6.07, 6.45) is -1.36. The van der Waals surface area contributed by atoms with E-state index < -0.39 is 16.5 Å². The summed E-state index contributed by atoms with van der Waals surface area (Å²) >= 11 is 2.90. The summed E-state index contributed by atoms with van der Waals surface area (Å²) in [6, 6.07) is 17.2. The quantitative estimate of drug-likeness (QED) is 0.274. The molecule has 0 spiro atoms. The molecule has 0 aromatic heterocycles. The van der Waals surface area contributed by atoms with Gasteiger partial charge in [0, 0.05) is 20.2 Å². The van der Waals surface area contributed by atoms with E-state index in [2.05, 4.69) is 5.32 Å². The molecule has 1 aliphatic rings. The van der Waals surface area contributed by atoms with Crippen molar-refractivity contribution in [3.8, 4) is 0 Å². The van der Waals surface area contributed by atoms with E-state index in [1.807, 2.05) is 30.5 Å². The SMILES string of the molecule is CSc1ccc(CC(=O)Nc2ccc(C3(Sc4ccc(F)cc4)CC3)c(C(F)(F)F)c2)cc1. The Labute approximate surface area is 198 Å². The van der Waals surface area contributed by atoms with Crippen molar-refractivity contribution < 1.29 is 22.4 Å². The van der Waals surface area contributed by atoms with Gasteiger partial charge in [0.15, 0.2) is 0 Å². The number of carbonyl (C=O) groups is 1. The third-order valence-corrected chi connectivity index (χ3v) is 7.72. The summed E-state index contributed by atoms with van der Waals surface area (Å²) in [5.74, 6) is -0.768. The number of rotatable bonds is 7. The molecule has 0 radical (unpaired) electrons. The zero-order chi connectivity index (χ0) is 23.6. The maximum atomic E-state index is 14.0. The number of nitrogens with one attached hydrogen (secondary N) is 1. The molecule has 0 bridgehead atoms. The van der Waals surface area contributed by atoms with Gasteiger partial charge in [0.05, 0.1) is 12.0 Å². The molecule has 0 aliphatic heterocycles. The minimum Gasteiger partial charge on any atom is -0.326 e. The predicted molar refractivity (Wildman–Crippen MR) is 125 cm³/mol. The Kier molecular flexibility index (Phi) is 6.77. The molecule has 3 aromatic carbocycles. The van der Waals surface area contributed by atoms with Gasteiger partial charge >= 0.3 is 6.18 Å². The normalized spacial score (nSPS) is 14.7. The number of alkyl halides is 3. The first kappa shape index (κ1) is 23.7. The van der Waals surface area contributed by atoms with Gasteiger partial charge in [-0.3, -0.25) is 4.79 Å². The number of halogens is 4. The summed E-state index contributed by atoms with van der Waals surface area (Å²) in [4.78, 5) is 14.2. The summed E-state index contributed by atoms with van der Waals surface area (Å²) in [7, 11) is 0. The Morgan fingerprint density at radius 3 is 2.18 bits per heavy atom. The highest BCUT2D eigenvalue weighted by Crippen LogP contribution is 2.61. The molecule has 1 amide bonds. The van der Waals surface area contributed by atoms with Crippen LogP contribution in [0.2, 0.25) is 0 Å². The van der Waals surface area contributed by atoms with Crippen molar-refractivity contribution in [2.45, 2.75) is 40.0 Å². The summed E-state index contributed by atoms with van der Waals surface area (Å²) in [6.45, 7) is 0. The smallest absolute Gasteiger partial charge is 0.326 e. The lowest BCUT2D eigenvalue weighted by Gasteiger charge is -2.22. The third-order valence-electron chi connectivity index (χ3n) is 5.45. The Balaban J connectivity index is 1.54. The molecule has 1 N–H and O–H groups in total. The van der Waals surface area contributed by atoms with Crippen molar-refractivity contribution in [2.75, 3.05) is 11.6 Å². The number of thioether (sulfide) groups is 2. The standard InChI is InChI=1S/C25H21F4NOS2/c1-32-19-7-2-16(3-8-19)14-23(31)30-18-6-11-21(22(15-18)25(27,28)29)24(12-13-24)33-20-9-4-17(26)5-10-20/h2-11,15H,12-14H2,1H3,(H,30,31). The molecule has 2 nitrogen and oxygen atoms in total. The predicted octanol–water partition coefficient (Wildman–Crippen LogP) is 7.53. The van der Waals surface area contributed by atoms with Gasteiger partial charge in [-0.15, -0.1) is 23.5 Å². The molecule has 0 saturated heterocycles. The lowest BCUT2D eigenvalue weighted by Crippen LogP contribution is -2.18. The van der Waals surface area contributed by atoms with Gasteiger partial charge < -0.3 is 5.32 Å². The molecule has 0 unspecified atom stereocenters. The van der Waals surface area contributed by atoms with Crippen LogP contribution >= 0.6 is 23.5 Å². The zero-order valence-corrected chi connectivity index (χ0v) is 19.3. The van der Waals surface area contributed by atoms with Gasteiger partial charge in [0.25, 0.3) is 0 Å². The van der Waals surface area contributed by atoms with Crippen LogP contribution in [0.1, 0.15) is 29.5 Å². The minimum absolute atomic E-state index is 0.0715. The van der Waals surface area contributed by atoms with Crippen molar-refractivity contribution >= 4 is 35.1 Å². The van der Waals surface area contributed by atoms with Gasteiger partial charge in [0.1, 0.15) is 5.82 Å². The van der Waals surface area contributed by atoms with Gasteiger partial charge in [-0.05, 0) is 78.8 Å². The number of benzene rings is 3. The second-order valence-corrected chi connectivity index (χ2v) is 10.2. The summed E-state index contributed by atoms with van der Waals surface area (Å²) in [5.41, 5.74) is 0.330. The van der Waals surface area contributed by atoms with Crippen LogP contribution in [0, 0.1) is 5.82 Å². The Bertz CT molecular complexity index is 1140. The maximum Gasteiger partial charge on any atom is 0.416 e. The minimum atomic E-state index is -4.57. The number of carbonyl (C=O) groups excluding carboxylic acids is 1. The number of hydrogen-bond donors (Lipinski definition) is 1. The maximum absolute atomic E-state index is 14.0. The van der Waals surface area contributed by atoms with Crippen LogP contribution in [0.15, 0.2) is 76.5 Å². The summed E-state index contributed by atoms with van der Waals surface area (Å²) < 4.78 is 54.4. The van der Waals surface area contributed by atoms with E-state index in [-0.39, 0.29) is 29.4 Å². The van der Waals surface area contributed by atoms with E-state index in [9.17, 15) is 22.4 Å². The van der Waals surface area contributed by atoms with Crippen LogP contribution in [-0.2, 0) is 22.1 Å². The highest BCUT2D eigenvalue weighted by atomic mass is 32.2. The monoisotopic (exact) mass is 491 g/mol. The van der Waals surface area contributed by atoms with E-state index in [4.69, 9.17) is 0 Å². The molecule has 4 rings (SSSR count). The van der Waals surface area contributed by atoms with Gasteiger partial charge in [-0.25, -0.2) is 4.39 Å². The molecule has 33 heavy (non-hydrogen) atoms. The first-order valence-electron chi connectivity index (χ1n) is 10.3. The molecule has 172 valence electrons. The lowest BCUT2D eigenvalue weighted by molar-refractivity contribution is -0.138. The van der Waals surface area contributed by atoms with E-state index in [0.29, 0.717) is 17.7 Å². The first-order chi connectivity index (χ1) is 15.7. The number of hydrogen-bond acceptors (Lipinski definition) is 3. The van der Waals surface area contributed by atoms with Crippen LogP contribution in [0.25, 0.3) is 0 Å². The fourth-order valence-corrected chi connectivity index (χ4v) is 5.38. The summed E-state index contributed by atoms with van der Waals surface area (Å²) in [5, 5.41) is 2.59. The van der Waals surface area contributed by atoms with Gasteiger partial charge in [0.2, 0.25) is 5.91 Å². The Morgan fingerprint density at radius 1 is 0.970 bits per heavy atom. The van der Waals surface area contributed by atoms with E-state index in [1.165, 1.54) is 36.0 Å². The zero-order valence-electron chi connectivity index (χ0n) is 17.7. The number of anilines is 1. The fraction of sp³-hybridized carbons (Fsp3) is 0.240. The topological polar surface area (TPSA) is 29.1 Å². The van der Waals surface area contributed by atoms with Crippen molar-refractivity contribution in [3.63, 3.8) is 0 Å². The van der Waals surface area contributed by atoms with Crippen LogP contribution < -0.4 is 5.32 Å².